The molecule has 1 aliphatic rings. The molecular weight excluding hydrogens is 443 g/mol. The highest BCUT2D eigenvalue weighted by atomic mass is 32.2. The lowest BCUT2D eigenvalue weighted by Crippen LogP contribution is -2.44. The highest BCUT2D eigenvalue weighted by molar-refractivity contribution is 7.92. The summed E-state index contributed by atoms with van der Waals surface area (Å²) in [5.41, 5.74) is 5.17. The molecule has 4 amide bonds. The van der Waals surface area contributed by atoms with Gasteiger partial charge in [0.1, 0.15) is 18.1 Å². The van der Waals surface area contributed by atoms with Crippen molar-refractivity contribution in [3.8, 4) is 5.75 Å². The summed E-state index contributed by atoms with van der Waals surface area (Å²) in [5, 5.41) is 4.50. The molecular formula is C20H21FN4O6S. The molecule has 4 N–H and O–H groups in total. The van der Waals surface area contributed by atoms with E-state index in [1.807, 2.05) is 0 Å². The van der Waals surface area contributed by atoms with Gasteiger partial charge in [-0.15, -0.1) is 0 Å². The fraction of sp³-hybridized carbons (Fsp3) is 0.250. The lowest BCUT2D eigenvalue weighted by atomic mass is 10.2. The number of amides is 4. The number of hydrogen-bond donors (Lipinski definition) is 3. The van der Waals surface area contributed by atoms with Gasteiger partial charge in [0.15, 0.2) is 0 Å². The van der Waals surface area contributed by atoms with Gasteiger partial charge in [0, 0.05) is 11.6 Å². The maximum Gasteiger partial charge on any atom is 0.318 e. The third kappa shape index (κ3) is 5.32. The Morgan fingerprint density at radius 2 is 1.81 bits per heavy atom. The minimum atomic E-state index is -4.42. The van der Waals surface area contributed by atoms with Crippen LogP contribution in [0.5, 0.6) is 5.75 Å². The van der Waals surface area contributed by atoms with Gasteiger partial charge < -0.3 is 15.8 Å². The van der Waals surface area contributed by atoms with Crippen LogP contribution in [-0.2, 0) is 19.6 Å². The second-order valence-electron chi connectivity index (χ2n) is 7.03. The van der Waals surface area contributed by atoms with E-state index in [0.29, 0.717) is 4.31 Å². The molecule has 1 fully saturated rings. The van der Waals surface area contributed by atoms with Gasteiger partial charge in [-0.1, -0.05) is 0 Å². The lowest BCUT2D eigenvalue weighted by molar-refractivity contribution is -0.118. The standard InChI is InChI=1S/C20H21FN4O6S/c1-31-17-9-6-14(23-19(27)12-2-3-12)10-16(17)25(11-18(26)24-20(22)28)32(29,30)15-7-4-13(21)5-8-15/h4-10,12H,2-3,11H2,1H3,(H,23,27)(H3,22,24,26,28). The number of carbonyl (C=O) groups is 3. The number of halogens is 1. The van der Waals surface area contributed by atoms with Crippen LogP contribution < -0.4 is 25.4 Å². The van der Waals surface area contributed by atoms with Crippen molar-refractivity contribution < 1.29 is 31.9 Å². The summed E-state index contributed by atoms with van der Waals surface area (Å²) in [6, 6.07) is 7.11. The van der Waals surface area contributed by atoms with Crippen molar-refractivity contribution in [1.82, 2.24) is 5.32 Å². The zero-order chi connectivity index (χ0) is 23.5. The Kier molecular flexibility index (Phi) is 6.63. The topological polar surface area (TPSA) is 148 Å². The number of anilines is 2. The van der Waals surface area contributed by atoms with Crippen molar-refractivity contribution >= 4 is 39.2 Å². The first-order valence-corrected chi connectivity index (χ1v) is 10.9. The van der Waals surface area contributed by atoms with Crippen molar-refractivity contribution in [2.45, 2.75) is 17.7 Å². The van der Waals surface area contributed by atoms with Crippen LogP contribution in [0.2, 0.25) is 0 Å². The highest BCUT2D eigenvalue weighted by Gasteiger charge is 2.32. The molecule has 0 spiro atoms. The molecule has 0 bridgehead atoms. The van der Waals surface area contributed by atoms with Crippen LogP contribution in [0.3, 0.4) is 0 Å². The van der Waals surface area contributed by atoms with Crippen molar-refractivity contribution in [3.05, 3.63) is 48.3 Å². The van der Waals surface area contributed by atoms with E-state index in [9.17, 15) is 27.2 Å². The number of ether oxygens (including phenoxy) is 1. The van der Waals surface area contributed by atoms with E-state index in [1.165, 1.54) is 25.3 Å². The number of nitrogens with zero attached hydrogens (tertiary/aromatic N) is 1. The van der Waals surface area contributed by atoms with Crippen LogP contribution in [0.25, 0.3) is 0 Å². The van der Waals surface area contributed by atoms with E-state index in [2.05, 4.69) is 5.32 Å². The highest BCUT2D eigenvalue weighted by Crippen LogP contribution is 2.36. The largest absolute Gasteiger partial charge is 0.495 e. The third-order valence-electron chi connectivity index (χ3n) is 4.61. The Bertz CT molecular complexity index is 1150. The van der Waals surface area contributed by atoms with E-state index < -0.39 is 34.3 Å². The third-order valence-corrected chi connectivity index (χ3v) is 6.39. The summed E-state index contributed by atoms with van der Waals surface area (Å²) in [7, 11) is -3.12. The van der Waals surface area contributed by atoms with Crippen LogP contribution >= 0.6 is 0 Å². The Morgan fingerprint density at radius 3 is 2.38 bits per heavy atom. The molecule has 0 aromatic heterocycles. The zero-order valence-electron chi connectivity index (χ0n) is 17.0. The Balaban J connectivity index is 2.06. The molecule has 0 aliphatic heterocycles. The second-order valence-corrected chi connectivity index (χ2v) is 8.89. The van der Waals surface area contributed by atoms with Gasteiger partial charge in [0.05, 0.1) is 17.7 Å². The van der Waals surface area contributed by atoms with Crippen LogP contribution in [0.1, 0.15) is 12.8 Å². The Hall–Kier alpha value is -3.67. The smallest absolute Gasteiger partial charge is 0.318 e. The molecule has 1 aliphatic carbocycles. The number of imide groups is 1. The number of hydrogen-bond acceptors (Lipinski definition) is 6. The van der Waals surface area contributed by atoms with E-state index in [4.69, 9.17) is 10.5 Å². The first-order valence-electron chi connectivity index (χ1n) is 9.48. The van der Waals surface area contributed by atoms with E-state index in [-0.39, 0.29) is 33.8 Å². The monoisotopic (exact) mass is 464 g/mol. The number of rotatable bonds is 8. The molecule has 2 aromatic rings. The summed E-state index contributed by atoms with van der Waals surface area (Å²) in [6.45, 7) is -0.834. The maximum atomic E-state index is 13.3. The lowest BCUT2D eigenvalue weighted by Gasteiger charge is -2.26. The van der Waals surface area contributed by atoms with Gasteiger partial charge in [0.2, 0.25) is 11.8 Å². The van der Waals surface area contributed by atoms with Gasteiger partial charge >= 0.3 is 6.03 Å². The Labute approximate surface area is 183 Å². The molecule has 12 heteroatoms. The molecule has 170 valence electrons. The quantitative estimate of drug-likeness (QED) is 0.540. The van der Waals surface area contributed by atoms with Crippen LogP contribution in [0.15, 0.2) is 47.4 Å². The number of nitrogens with two attached hydrogens (primary N) is 1. The first kappa shape index (κ1) is 23.0. The fourth-order valence-corrected chi connectivity index (χ4v) is 4.32. The average molecular weight is 464 g/mol. The molecule has 2 aromatic carbocycles. The minimum Gasteiger partial charge on any atom is -0.495 e. The molecule has 0 heterocycles. The van der Waals surface area contributed by atoms with Crippen molar-refractivity contribution in [3.63, 3.8) is 0 Å². The number of sulfonamides is 1. The van der Waals surface area contributed by atoms with E-state index in [0.717, 1.165) is 37.1 Å². The molecule has 32 heavy (non-hydrogen) atoms. The fourth-order valence-electron chi connectivity index (χ4n) is 2.89. The van der Waals surface area contributed by atoms with E-state index in [1.54, 1.807) is 5.32 Å². The van der Waals surface area contributed by atoms with Crippen molar-refractivity contribution in [2.75, 3.05) is 23.3 Å². The van der Waals surface area contributed by atoms with Gasteiger partial charge in [-0.3, -0.25) is 19.2 Å². The summed E-state index contributed by atoms with van der Waals surface area (Å²) < 4.78 is 46.0. The first-order chi connectivity index (χ1) is 15.1. The Morgan fingerprint density at radius 1 is 1.16 bits per heavy atom. The molecule has 3 rings (SSSR count). The summed E-state index contributed by atoms with van der Waals surface area (Å²) in [5.74, 6) is -1.88. The number of nitrogens with one attached hydrogen (secondary N) is 2. The summed E-state index contributed by atoms with van der Waals surface area (Å²) in [4.78, 5) is 35.1. The number of benzene rings is 2. The van der Waals surface area contributed by atoms with Gasteiger partial charge in [-0.2, -0.15) is 0 Å². The second kappa shape index (κ2) is 9.22. The SMILES string of the molecule is COc1ccc(NC(=O)C2CC2)cc1N(CC(=O)NC(N)=O)S(=O)(=O)c1ccc(F)cc1. The van der Waals surface area contributed by atoms with Gasteiger partial charge in [0.25, 0.3) is 10.0 Å². The van der Waals surface area contributed by atoms with Crippen LogP contribution in [-0.4, -0.2) is 39.9 Å². The predicted octanol–water partition coefficient (Wildman–Crippen LogP) is 1.57. The predicted molar refractivity (Wildman–Crippen MR) is 113 cm³/mol. The zero-order valence-corrected chi connectivity index (χ0v) is 17.8. The number of methoxy groups -OCH3 is 1. The van der Waals surface area contributed by atoms with Crippen LogP contribution in [0.4, 0.5) is 20.6 Å². The van der Waals surface area contributed by atoms with Gasteiger partial charge in [-0.25, -0.2) is 17.6 Å². The van der Waals surface area contributed by atoms with Crippen molar-refractivity contribution in [2.24, 2.45) is 11.7 Å². The molecule has 0 radical (unpaired) electrons. The molecule has 0 unspecified atom stereocenters. The number of urea groups is 1. The summed E-state index contributed by atoms with van der Waals surface area (Å²) in [6.07, 6.45) is 1.54. The molecule has 10 nitrogen and oxygen atoms in total. The average Bonchev–Trinajstić information content (AvgIpc) is 3.57. The molecule has 0 saturated heterocycles. The molecule has 0 atom stereocenters. The van der Waals surface area contributed by atoms with E-state index >= 15 is 0 Å². The molecule has 1 saturated carbocycles. The minimum absolute atomic E-state index is 0.0759. The normalized spacial score (nSPS) is 13.2. The summed E-state index contributed by atoms with van der Waals surface area (Å²) >= 11 is 0. The number of carbonyl (C=O) groups excluding carboxylic acids is 3. The van der Waals surface area contributed by atoms with Crippen LogP contribution in [0, 0.1) is 11.7 Å². The van der Waals surface area contributed by atoms with Gasteiger partial charge in [-0.05, 0) is 55.3 Å². The maximum absolute atomic E-state index is 13.3. The van der Waals surface area contributed by atoms with Crippen molar-refractivity contribution in [1.29, 1.82) is 0 Å². The number of primary amides is 1.